The molecule has 198 valence electrons. The number of anilines is 1. The average molecular weight is 560 g/mol. The molecular formula is C29H25N3O5S2. The number of aromatic nitrogens is 2. The molecule has 3 aromatic carbocycles. The van der Waals surface area contributed by atoms with E-state index in [-0.39, 0.29) is 30.6 Å². The number of carbonyl (C=O) groups is 2. The second-order valence-corrected chi connectivity index (χ2v) is 11.8. The summed E-state index contributed by atoms with van der Waals surface area (Å²) in [5.41, 5.74) is 3.94. The van der Waals surface area contributed by atoms with Gasteiger partial charge < -0.3 is 14.6 Å². The first-order valence-corrected chi connectivity index (χ1v) is 14.3. The molecule has 2 amide bonds. The van der Waals surface area contributed by atoms with E-state index in [1.807, 2.05) is 43.3 Å². The fourth-order valence-corrected chi connectivity index (χ4v) is 6.59. The van der Waals surface area contributed by atoms with Crippen molar-refractivity contribution in [1.82, 2.24) is 10.2 Å². The number of amides is 2. The third-order valence-electron chi connectivity index (χ3n) is 6.73. The van der Waals surface area contributed by atoms with Crippen molar-refractivity contribution in [3.8, 4) is 0 Å². The molecule has 0 aliphatic carbocycles. The average Bonchev–Trinajstić information content (AvgIpc) is 3.51. The summed E-state index contributed by atoms with van der Waals surface area (Å²) in [5.74, 6) is 0.0279. The number of nitrogens with zero attached hydrogens (tertiary/aromatic N) is 3. The molecule has 0 radical (unpaired) electrons. The predicted molar refractivity (Wildman–Crippen MR) is 148 cm³/mol. The minimum atomic E-state index is -0.640. The van der Waals surface area contributed by atoms with Crippen LogP contribution in [0.4, 0.5) is 5.69 Å². The van der Waals surface area contributed by atoms with Gasteiger partial charge >= 0.3 is 0 Å². The minimum absolute atomic E-state index is 0.0163. The maximum absolute atomic E-state index is 12.9. The van der Waals surface area contributed by atoms with Crippen molar-refractivity contribution < 1.29 is 24.2 Å². The van der Waals surface area contributed by atoms with Crippen molar-refractivity contribution in [3.63, 3.8) is 0 Å². The van der Waals surface area contributed by atoms with E-state index in [0.717, 1.165) is 26.0 Å². The maximum atomic E-state index is 12.9. The van der Waals surface area contributed by atoms with Gasteiger partial charge in [0.25, 0.3) is 11.8 Å². The lowest BCUT2D eigenvalue weighted by atomic mass is 10.0. The van der Waals surface area contributed by atoms with Gasteiger partial charge in [-0.1, -0.05) is 71.6 Å². The molecule has 1 N–H and O–H groups in total. The molecule has 1 aromatic heterocycles. The van der Waals surface area contributed by atoms with Gasteiger partial charge in [-0.3, -0.25) is 9.59 Å². The number of thioether (sulfide) groups is 1. The first kappa shape index (κ1) is 25.8. The summed E-state index contributed by atoms with van der Waals surface area (Å²) in [5, 5.41) is 18.7. The fourth-order valence-electron chi connectivity index (χ4n) is 4.73. The number of fused-ring (bicyclic) bond motifs is 1. The normalized spacial score (nSPS) is 20.9. The Morgan fingerprint density at radius 2 is 1.59 bits per heavy atom. The number of carbonyl (C=O) groups excluding carboxylic acids is 2. The number of hydrogen-bond donors (Lipinski definition) is 1. The van der Waals surface area contributed by atoms with Crippen LogP contribution in [0.5, 0.6) is 0 Å². The van der Waals surface area contributed by atoms with E-state index in [1.54, 1.807) is 59.5 Å². The van der Waals surface area contributed by atoms with Crippen molar-refractivity contribution in [3.05, 3.63) is 106 Å². The number of aliphatic hydroxyl groups excluding tert-OH is 1. The topological polar surface area (TPSA) is 102 Å². The molecule has 2 aliphatic rings. The SMILES string of the molecule is Cc1nnc(SC[C@H]2C[C@@H](c3ccc(CO)cc3)O[C@@H](c3ccc(N4C(=O)c5ccccc5C4=O)cc3)O2)s1. The summed E-state index contributed by atoms with van der Waals surface area (Å²) < 4.78 is 13.7. The minimum Gasteiger partial charge on any atom is -0.392 e. The van der Waals surface area contributed by atoms with Gasteiger partial charge in [-0.05, 0) is 42.3 Å². The first-order valence-electron chi connectivity index (χ1n) is 12.5. The van der Waals surface area contributed by atoms with Crippen LogP contribution in [-0.2, 0) is 16.1 Å². The van der Waals surface area contributed by atoms with Crippen LogP contribution >= 0.6 is 23.1 Å². The maximum Gasteiger partial charge on any atom is 0.266 e. The number of benzene rings is 3. The Morgan fingerprint density at radius 3 is 2.21 bits per heavy atom. The monoisotopic (exact) mass is 559 g/mol. The second-order valence-electron chi connectivity index (χ2n) is 9.33. The lowest BCUT2D eigenvalue weighted by molar-refractivity contribution is -0.245. The van der Waals surface area contributed by atoms with Gasteiger partial charge in [0.1, 0.15) is 5.01 Å². The molecule has 4 aromatic rings. The fraction of sp³-hybridized carbons (Fsp3) is 0.241. The molecule has 0 unspecified atom stereocenters. The Bertz CT molecular complexity index is 1470. The number of hydrogen-bond acceptors (Lipinski definition) is 9. The largest absolute Gasteiger partial charge is 0.392 e. The van der Waals surface area contributed by atoms with E-state index < -0.39 is 6.29 Å². The van der Waals surface area contributed by atoms with Crippen LogP contribution < -0.4 is 4.90 Å². The van der Waals surface area contributed by atoms with Gasteiger partial charge in [-0.2, -0.15) is 0 Å². The van der Waals surface area contributed by atoms with Crippen molar-refractivity contribution in [2.75, 3.05) is 10.7 Å². The highest BCUT2D eigenvalue weighted by Gasteiger charge is 2.37. The van der Waals surface area contributed by atoms with Crippen LogP contribution in [0.3, 0.4) is 0 Å². The number of aliphatic hydroxyl groups is 1. The second kappa shape index (κ2) is 11.0. The van der Waals surface area contributed by atoms with Crippen molar-refractivity contribution >= 4 is 40.6 Å². The molecule has 1 fully saturated rings. The highest BCUT2D eigenvalue weighted by molar-refractivity contribution is 8.01. The van der Waals surface area contributed by atoms with Crippen LogP contribution in [0.15, 0.2) is 77.1 Å². The van der Waals surface area contributed by atoms with Crippen LogP contribution in [0.1, 0.15) is 61.2 Å². The van der Waals surface area contributed by atoms with Crippen LogP contribution in [-0.4, -0.2) is 39.0 Å². The Hall–Kier alpha value is -3.41. The van der Waals surface area contributed by atoms with Gasteiger partial charge in [-0.15, -0.1) is 10.2 Å². The van der Waals surface area contributed by atoms with Crippen molar-refractivity contribution in [2.45, 2.75) is 42.8 Å². The highest BCUT2D eigenvalue weighted by atomic mass is 32.2. The zero-order valence-corrected chi connectivity index (χ0v) is 22.7. The Labute approximate surface area is 233 Å². The first-order chi connectivity index (χ1) is 19.0. The van der Waals surface area contributed by atoms with Gasteiger partial charge in [0.2, 0.25) is 0 Å². The quantitative estimate of drug-likeness (QED) is 0.235. The molecule has 1 saturated heterocycles. The molecule has 6 rings (SSSR count). The Balaban J connectivity index is 1.23. The Morgan fingerprint density at radius 1 is 0.923 bits per heavy atom. The lowest BCUT2D eigenvalue weighted by Gasteiger charge is -2.36. The highest BCUT2D eigenvalue weighted by Crippen LogP contribution is 2.40. The number of ether oxygens (including phenoxy) is 2. The lowest BCUT2D eigenvalue weighted by Crippen LogP contribution is -2.31. The molecule has 0 bridgehead atoms. The van der Waals surface area contributed by atoms with E-state index in [1.165, 1.54) is 4.90 Å². The van der Waals surface area contributed by atoms with Gasteiger partial charge in [0.05, 0.1) is 35.6 Å². The summed E-state index contributed by atoms with van der Waals surface area (Å²) in [6.45, 7) is 1.91. The summed E-state index contributed by atoms with van der Waals surface area (Å²) in [6.07, 6.45) is -0.308. The van der Waals surface area contributed by atoms with Crippen LogP contribution in [0, 0.1) is 6.92 Å². The zero-order valence-electron chi connectivity index (χ0n) is 21.0. The molecule has 10 heteroatoms. The molecule has 0 spiro atoms. The third-order valence-corrected chi connectivity index (χ3v) is 8.84. The molecule has 3 heterocycles. The van der Waals surface area contributed by atoms with E-state index in [4.69, 9.17) is 9.47 Å². The number of imide groups is 1. The third kappa shape index (κ3) is 5.26. The van der Waals surface area contributed by atoms with Crippen molar-refractivity contribution in [2.24, 2.45) is 0 Å². The standard InChI is InChI=1S/C29H25N3O5S2/c1-17-30-31-29(39-17)38-16-22-14-25(19-8-6-18(15-33)7-9-19)37-28(36-22)20-10-12-21(13-11-20)32-26(34)23-4-2-3-5-24(23)27(32)35/h2-13,22,25,28,33H,14-16H2,1H3/t22-,25+,28+/m1/s1. The predicted octanol–water partition coefficient (Wildman–Crippen LogP) is 5.48. The van der Waals surface area contributed by atoms with Crippen molar-refractivity contribution in [1.29, 1.82) is 0 Å². The molecule has 39 heavy (non-hydrogen) atoms. The molecule has 8 nitrogen and oxygen atoms in total. The summed E-state index contributed by atoms with van der Waals surface area (Å²) in [7, 11) is 0. The zero-order chi connectivity index (χ0) is 26.9. The van der Waals surface area contributed by atoms with E-state index in [0.29, 0.717) is 29.0 Å². The van der Waals surface area contributed by atoms with Gasteiger partial charge in [-0.25, -0.2) is 4.90 Å². The number of aryl methyl sites for hydroxylation is 1. The van der Waals surface area contributed by atoms with Gasteiger partial charge in [0.15, 0.2) is 10.6 Å². The van der Waals surface area contributed by atoms with E-state index in [9.17, 15) is 14.7 Å². The summed E-state index contributed by atoms with van der Waals surface area (Å²) >= 11 is 3.17. The number of rotatable bonds is 7. The van der Waals surface area contributed by atoms with Gasteiger partial charge in [0, 0.05) is 17.7 Å². The summed E-state index contributed by atoms with van der Waals surface area (Å²) in [6, 6.07) is 21.7. The van der Waals surface area contributed by atoms with Crippen LogP contribution in [0.2, 0.25) is 0 Å². The molecule has 3 atom stereocenters. The smallest absolute Gasteiger partial charge is 0.266 e. The molecule has 0 saturated carbocycles. The summed E-state index contributed by atoms with van der Waals surface area (Å²) in [4.78, 5) is 27.0. The van der Waals surface area contributed by atoms with Crippen LogP contribution in [0.25, 0.3) is 0 Å². The van der Waals surface area contributed by atoms with E-state index in [2.05, 4.69) is 10.2 Å². The molecule has 2 aliphatic heterocycles. The Kier molecular flexibility index (Phi) is 7.28. The van der Waals surface area contributed by atoms with E-state index >= 15 is 0 Å². The molecular weight excluding hydrogens is 534 g/mol.